The zero-order valence-electron chi connectivity index (χ0n) is 12.6. The van der Waals surface area contributed by atoms with E-state index in [4.69, 9.17) is 10.7 Å². The van der Waals surface area contributed by atoms with E-state index in [1.54, 1.807) is 11.3 Å². The van der Waals surface area contributed by atoms with Crippen LogP contribution in [0, 0.1) is 0 Å². The van der Waals surface area contributed by atoms with Gasteiger partial charge in [-0.1, -0.05) is 36.8 Å². The van der Waals surface area contributed by atoms with E-state index >= 15 is 0 Å². The second-order valence-electron chi connectivity index (χ2n) is 5.78. The molecule has 3 rings (SSSR count). The maximum Gasteiger partial charge on any atom is 0.234 e. The minimum absolute atomic E-state index is 0.131. The van der Waals surface area contributed by atoms with Gasteiger partial charge >= 0.3 is 0 Å². The molecule has 116 valence electrons. The van der Waals surface area contributed by atoms with Gasteiger partial charge in [0.15, 0.2) is 0 Å². The average Bonchev–Trinajstić information content (AvgIpc) is 2.96. The highest BCUT2D eigenvalue weighted by Gasteiger charge is 2.27. The fourth-order valence-corrected chi connectivity index (χ4v) is 3.80. The Bertz CT molecular complexity index is 626. The number of piperidine rings is 1. The Morgan fingerprint density at radius 2 is 2.14 bits per heavy atom. The van der Waals surface area contributed by atoms with Crippen molar-refractivity contribution >= 4 is 17.2 Å². The number of benzene rings is 1. The molecule has 0 bridgehead atoms. The minimum Gasteiger partial charge on any atom is -0.368 e. The van der Waals surface area contributed by atoms with Crippen LogP contribution < -0.4 is 5.73 Å². The normalized spacial score (nSPS) is 19.2. The lowest BCUT2D eigenvalue weighted by Gasteiger charge is -2.32. The van der Waals surface area contributed by atoms with Gasteiger partial charge in [-0.15, -0.1) is 11.3 Å². The smallest absolute Gasteiger partial charge is 0.234 e. The van der Waals surface area contributed by atoms with E-state index in [0.29, 0.717) is 0 Å². The summed E-state index contributed by atoms with van der Waals surface area (Å²) in [6.07, 6.45) is 3.95. The van der Waals surface area contributed by atoms with E-state index in [0.717, 1.165) is 49.5 Å². The molecule has 2 N–H and O–H groups in total. The monoisotopic (exact) mass is 315 g/mol. The number of carbonyl (C=O) groups excluding carboxylic acids is 1. The fraction of sp³-hybridized carbons (Fsp3) is 0.412. The Kier molecular flexibility index (Phi) is 4.85. The van der Waals surface area contributed by atoms with Gasteiger partial charge in [-0.2, -0.15) is 0 Å². The molecule has 1 atom stereocenters. The first-order valence-corrected chi connectivity index (χ1v) is 8.61. The molecule has 2 heterocycles. The lowest BCUT2D eigenvalue weighted by atomic mass is 10.0. The van der Waals surface area contributed by atoms with E-state index in [1.165, 1.54) is 5.56 Å². The standard InChI is InChI=1S/C17H21N3OS/c18-17(21)15-8-4-5-9-20(15)11-14-12-22-16(19-14)10-13-6-2-1-3-7-13/h1-3,6-7,12,15H,4-5,8-11H2,(H2,18,21)/t15-/m0/s1. The SMILES string of the molecule is NC(=O)[C@@H]1CCCCN1Cc1csc(Cc2ccccc2)n1. The predicted molar refractivity (Wildman–Crippen MR) is 88.6 cm³/mol. The maximum atomic E-state index is 11.6. The molecular weight excluding hydrogens is 294 g/mol. The minimum atomic E-state index is -0.209. The van der Waals surface area contributed by atoms with Crippen molar-refractivity contribution in [1.82, 2.24) is 9.88 Å². The van der Waals surface area contributed by atoms with Crippen molar-refractivity contribution in [3.63, 3.8) is 0 Å². The Morgan fingerprint density at radius 1 is 1.32 bits per heavy atom. The van der Waals surface area contributed by atoms with Gasteiger partial charge in [-0.05, 0) is 24.9 Å². The highest BCUT2D eigenvalue weighted by atomic mass is 32.1. The number of nitrogens with two attached hydrogens (primary N) is 1. The van der Waals surface area contributed by atoms with Crippen molar-refractivity contribution in [2.75, 3.05) is 6.54 Å². The van der Waals surface area contributed by atoms with Crippen LogP contribution in [-0.4, -0.2) is 28.4 Å². The van der Waals surface area contributed by atoms with Crippen molar-refractivity contribution in [3.05, 3.63) is 52.0 Å². The number of thiazole rings is 1. The molecule has 22 heavy (non-hydrogen) atoms. The summed E-state index contributed by atoms with van der Waals surface area (Å²) in [5, 5.41) is 3.22. The van der Waals surface area contributed by atoms with Gasteiger partial charge in [-0.3, -0.25) is 9.69 Å². The Hall–Kier alpha value is -1.72. The molecular formula is C17H21N3OS. The van der Waals surface area contributed by atoms with Crippen LogP contribution in [0.4, 0.5) is 0 Å². The molecule has 5 heteroatoms. The Morgan fingerprint density at radius 3 is 2.91 bits per heavy atom. The fourth-order valence-electron chi connectivity index (χ4n) is 2.98. The van der Waals surface area contributed by atoms with Gasteiger partial charge in [0, 0.05) is 18.3 Å². The molecule has 1 fully saturated rings. The third-order valence-corrected chi connectivity index (χ3v) is 5.00. The van der Waals surface area contributed by atoms with E-state index < -0.39 is 0 Å². The van der Waals surface area contributed by atoms with E-state index in [9.17, 15) is 4.79 Å². The van der Waals surface area contributed by atoms with Crippen LogP contribution in [0.15, 0.2) is 35.7 Å². The number of rotatable bonds is 5. The summed E-state index contributed by atoms with van der Waals surface area (Å²) in [5.74, 6) is -0.209. The third kappa shape index (κ3) is 3.72. The molecule has 0 unspecified atom stereocenters. The zero-order valence-corrected chi connectivity index (χ0v) is 13.4. The average molecular weight is 315 g/mol. The van der Waals surface area contributed by atoms with E-state index in [-0.39, 0.29) is 11.9 Å². The van der Waals surface area contributed by atoms with Crippen molar-refractivity contribution in [3.8, 4) is 0 Å². The lowest BCUT2D eigenvalue weighted by molar-refractivity contribution is -0.124. The summed E-state index contributed by atoms with van der Waals surface area (Å²) in [6.45, 7) is 1.65. The summed E-state index contributed by atoms with van der Waals surface area (Å²) >= 11 is 1.69. The predicted octanol–water partition coefficient (Wildman–Crippen LogP) is 2.57. The van der Waals surface area contributed by atoms with Crippen LogP contribution in [0.2, 0.25) is 0 Å². The lowest BCUT2D eigenvalue weighted by Crippen LogP contribution is -2.47. The summed E-state index contributed by atoms with van der Waals surface area (Å²) in [5.41, 5.74) is 7.84. The first-order valence-electron chi connectivity index (χ1n) is 7.73. The molecule has 1 amide bonds. The molecule has 0 radical (unpaired) electrons. The highest BCUT2D eigenvalue weighted by Crippen LogP contribution is 2.21. The molecule has 0 aliphatic carbocycles. The Labute approximate surface area is 135 Å². The second-order valence-corrected chi connectivity index (χ2v) is 6.72. The number of amides is 1. The van der Waals surface area contributed by atoms with Gasteiger partial charge in [0.2, 0.25) is 5.91 Å². The van der Waals surface area contributed by atoms with Crippen LogP contribution >= 0.6 is 11.3 Å². The van der Waals surface area contributed by atoms with Crippen LogP contribution in [0.3, 0.4) is 0 Å². The number of nitrogens with zero attached hydrogens (tertiary/aromatic N) is 2. The molecule has 1 aromatic carbocycles. The molecule has 2 aromatic rings. The van der Waals surface area contributed by atoms with Gasteiger partial charge in [0.05, 0.1) is 16.7 Å². The molecule has 1 aliphatic rings. The summed E-state index contributed by atoms with van der Waals surface area (Å²) < 4.78 is 0. The maximum absolute atomic E-state index is 11.6. The number of carbonyl (C=O) groups is 1. The largest absolute Gasteiger partial charge is 0.368 e. The molecule has 0 saturated carbocycles. The van der Waals surface area contributed by atoms with E-state index in [1.807, 2.05) is 6.07 Å². The number of hydrogen-bond donors (Lipinski definition) is 1. The van der Waals surface area contributed by atoms with Crippen LogP contribution in [0.1, 0.15) is 35.5 Å². The molecule has 1 saturated heterocycles. The molecule has 4 nitrogen and oxygen atoms in total. The zero-order chi connectivity index (χ0) is 15.4. The quantitative estimate of drug-likeness (QED) is 0.922. The first-order chi connectivity index (χ1) is 10.7. The van der Waals surface area contributed by atoms with Crippen LogP contribution in [-0.2, 0) is 17.8 Å². The van der Waals surface area contributed by atoms with Crippen molar-refractivity contribution < 1.29 is 4.79 Å². The molecule has 1 aliphatic heterocycles. The highest BCUT2D eigenvalue weighted by molar-refractivity contribution is 7.09. The van der Waals surface area contributed by atoms with Crippen molar-refractivity contribution in [2.45, 2.75) is 38.3 Å². The third-order valence-electron chi connectivity index (χ3n) is 4.10. The van der Waals surface area contributed by atoms with Crippen LogP contribution in [0.25, 0.3) is 0 Å². The van der Waals surface area contributed by atoms with Crippen molar-refractivity contribution in [2.24, 2.45) is 5.73 Å². The topological polar surface area (TPSA) is 59.2 Å². The summed E-state index contributed by atoms with van der Waals surface area (Å²) in [4.78, 5) is 18.5. The van der Waals surface area contributed by atoms with Gasteiger partial charge < -0.3 is 5.73 Å². The number of primary amides is 1. The first kappa shape index (κ1) is 15.2. The number of aromatic nitrogens is 1. The van der Waals surface area contributed by atoms with Gasteiger partial charge in [0.1, 0.15) is 0 Å². The van der Waals surface area contributed by atoms with Gasteiger partial charge in [-0.25, -0.2) is 4.98 Å². The van der Waals surface area contributed by atoms with Gasteiger partial charge in [0.25, 0.3) is 0 Å². The summed E-state index contributed by atoms with van der Waals surface area (Å²) in [7, 11) is 0. The molecule has 0 spiro atoms. The molecule has 1 aromatic heterocycles. The van der Waals surface area contributed by atoms with E-state index in [2.05, 4.69) is 34.5 Å². The van der Waals surface area contributed by atoms with Crippen molar-refractivity contribution in [1.29, 1.82) is 0 Å². The second kappa shape index (κ2) is 7.03. The van der Waals surface area contributed by atoms with Crippen LogP contribution in [0.5, 0.6) is 0 Å². The number of likely N-dealkylation sites (tertiary alicyclic amines) is 1. The number of hydrogen-bond acceptors (Lipinski definition) is 4. The summed E-state index contributed by atoms with van der Waals surface area (Å²) in [6, 6.07) is 10.2. The Balaban J connectivity index is 1.65.